The third-order valence-corrected chi connectivity index (χ3v) is 4.77. The lowest BCUT2D eigenvalue weighted by molar-refractivity contribution is 0.583. The Labute approximate surface area is 102 Å². The minimum absolute atomic E-state index is 0.431. The van der Waals surface area contributed by atoms with Gasteiger partial charge in [0.05, 0.1) is 0 Å². The molecule has 3 atom stereocenters. The van der Waals surface area contributed by atoms with Crippen LogP contribution in [0.1, 0.15) is 24.8 Å². The second-order valence-electron chi connectivity index (χ2n) is 5.82. The van der Waals surface area contributed by atoms with Crippen molar-refractivity contribution in [2.75, 3.05) is 0 Å². The van der Waals surface area contributed by atoms with Crippen molar-refractivity contribution in [3.05, 3.63) is 48.0 Å². The van der Waals surface area contributed by atoms with Crippen molar-refractivity contribution in [2.24, 2.45) is 11.7 Å². The van der Waals surface area contributed by atoms with Crippen LogP contribution < -0.4 is 5.73 Å². The fourth-order valence-corrected chi connectivity index (χ4v) is 3.83. The molecule has 4 rings (SSSR count). The molecule has 3 unspecified atom stereocenters. The lowest BCUT2D eigenvalue weighted by Crippen LogP contribution is -2.20. The number of hydrogen-bond acceptors (Lipinski definition) is 1. The van der Waals surface area contributed by atoms with Gasteiger partial charge in [-0.2, -0.15) is 0 Å². The van der Waals surface area contributed by atoms with Crippen molar-refractivity contribution in [3.8, 4) is 0 Å². The summed E-state index contributed by atoms with van der Waals surface area (Å²) in [5.41, 5.74) is 8.06. The molecule has 0 radical (unpaired) electrons. The summed E-state index contributed by atoms with van der Waals surface area (Å²) in [6.45, 7) is 0. The molecular formula is C16H17N. The fourth-order valence-electron chi connectivity index (χ4n) is 3.83. The molecule has 17 heavy (non-hydrogen) atoms. The van der Waals surface area contributed by atoms with E-state index in [1.807, 2.05) is 0 Å². The Morgan fingerprint density at radius 1 is 1.00 bits per heavy atom. The van der Waals surface area contributed by atoms with E-state index in [0.29, 0.717) is 11.5 Å². The molecule has 1 nitrogen and oxygen atoms in total. The largest absolute Gasteiger partial charge is 0.328 e. The first-order chi connectivity index (χ1) is 8.28. The van der Waals surface area contributed by atoms with Crippen LogP contribution in [0.25, 0.3) is 10.8 Å². The Bertz CT molecular complexity index is 589. The van der Waals surface area contributed by atoms with E-state index in [4.69, 9.17) is 5.73 Å². The smallest absolute Gasteiger partial charge is 0.00503 e. The van der Waals surface area contributed by atoms with Gasteiger partial charge < -0.3 is 5.73 Å². The zero-order valence-electron chi connectivity index (χ0n) is 9.89. The molecule has 0 amide bonds. The van der Waals surface area contributed by atoms with Gasteiger partial charge in [-0.1, -0.05) is 42.5 Å². The van der Waals surface area contributed by atoms with Crippen LogP contribution in [-0.2, 0) is 5.41 Å². The predicted octanol–water partition coefficient (Wildman–Crippen LogP) is 3.22. The van der Waals surface area contributed by atoms with E-state index in [1.54, 1.807) is 0 Å². The third-order valence-electron chi connectivity index (χ3n) is 4.77. The molecule has 0 aliphatic heterocycles. The zero-order chi connectivity index (χ0) is 11.5. The number of hydrogen-bond donors (Lipinski definition) is 1. The second-order valence-corrected chi connectivity index (χ2v) is 5.82. The van der Waals surface area contributed by atoms with Gasteiger partial charge in [0.15, 0.2) is 0 Å². The van der Waals surface area contributed by atoms with Gasteiger partial charge in [-0.05, 0) is 41.5 Å². The van der Waals surface area contributed by atoms with Crippen molar-refractivity contribution in [1.82, 2.24) is 0 Å². The fraction of sp³-hybridized carbons (Fsp3) is 0.375. The Morgan fingerprint density at radius 2 is 1.82 bits per heavy atom. The molecule has 2 aliphatic rings. The summed E-state index contributed by atoms with van der Waals surface area (Å²) < 4.78 is 0. The number of rotatable bonds is 1. The summed E-state index contributed by atoms with van der Waals surface area (Å²) >= 11 is 0. The molecular weight excluding hydrogens is 206 g/mol. The van der Waals surface area contributed by atoms with Crippen LogP contribution in [0.2, 0.25) is 0 Å². The standard InChI is InChI=1S/C16H17N/c17-15-8-14-9-16(14,10-15)13-6-5-11-3-1-2-4-12(11)7-13/h1-7,14-15H,8-10,17H2. The Balaban J connectivity index is 1.82. The molecule has 2 aliphatic carbocycles. The van der Waals surface area contributed by atoms with Crippen LogP contribution in [0.4, 0.5) is 0 Å². The molecule has 0 aromatic heterocycles. The molecule has 2 N–H and O–H groups in total. The molecule has 1 heteroatoms. The predicted molar refractivity (Wildman–Crippen MR) is 70.9 cm³/mol. The first kappa shape index (κ1) is 9.67. The minimum Gasteiger partial charge on any atom is -0.328 e. The van der Waals surface area contributed by atoms with Crippen molar-refractivity contribution in [2.45, 2.75) is 30.7 Å². The summed E-state index contributed by atoms with van der Waals surface area (Å²) in [7, 11) is 0. The highest BCUT2D eigenvalue weighted by Crippen LogP contribution is 2.64. The van der Waals surface area contributed by atoms with E-state index in [9.17, 15) is 0 Å². The highest BCUT2D eigenvalue weighted by atomic mass is 14.8. The average molecular weight is 223 g/mol. The normalized spacial score (nSPS) is 34.9. The van der Waals surface area contributed by atoms with E-state index >= 15 is 0 Å². The molecule has 0 spiro atoms. The molecule has 86 valence electrons. The van der Waals surface area contributed by atoms with Gasteiger partial charge in [-0.3, -0.25) is 0 Å². The van der Waals surface area contributed by atoms with E-state index in [2.05, 4.69) is 42.5 Å². The van der Waals surface area contributed by atoms with Crippen LogP contribution in [0.15, 0.2) is 42.5 Å². The molecule has 2 fully saturated rings. The highest BCUT2D eigenvalue weighted by molar-refractivity contribution is 5.83. The molecule has 0 saturated heterocycles. The van der Waals surface area contributed by atoms with Crippen molar-refractivity contribution < 1.29 is 0 Å². The van der Waals surface area contributed by atoms with Gasteiger partial charge in [0.25, 0.3) is 0 Å². The van der Waals surface area contributed by atoms with Crippen LogP contribution in [0.3, 0.4) is 0 Å². The summed E-state index contributed by atoms with van der Waals surface area (Å²) in [4.78, 5) is 0. The Morgan fingerprint density at radius 3 is 2.59 bits per heavy atom. The first-order valence-electron chi connectivity index (χ1n) is 6.53. The topological polar surface area (TPSA) is 26.0 Å². The van der Waals surface area contributed by atoms with E-state index in [-0.39, 0.29) is 0 Å². The van der Waals surface area contributed by atoms with Gasteiger partial charge in [-0.15, -0.1) is 0 Å². The summed E-state index contributed by atoms with van der Waals surface area (Å²) in [5.74, 6) is 0.860. The number of nitrogens with two attached hydrogens (primary N) is 1. The lowest BCUT2D eigenvalue weighted by atomic mass is 9.91. The summed E-state index contributed by atoms with van der Waals surface area (Å²) in [6, 6.07) is 16.0. The van der Waals surface area contributed by atoms with Gasteiger partial charge in [0.1, 0.15) is 0 Å². The van der Waals surface area contributed by atoms with Gasteiger partial charge >= 0.3 is 0 Å². The van der Waals surface area contributed by atoms with Crippen molar-refractivity contribution >= 4 is 10.8 Å². The van der Waals surface area contributed by atoms with E-state index < -0.39 is 0 Å². The minimum atomic E-state index is 0.431. The summed E-state index contributed by atoms with van der Waals surface area (Å²) in [6.07, 6.45) is 3.78. The maximum absolute atomic E-state index is 6.09. The Kier molecular flexibility index (Phi) is 1.77. The first-order valence-corrected chi connectivity index (χ1v) is 6.53. The summed E-state index contributed by atoms with van der Waals surface area (Å²) in [5, 5.41) is 2.71. The van der Waals surface area contributed by atoms with Crippen LogP contribution in [-0.4, -0.2) is 6.04 Å². The van der Waals surface area contributed by atoms with E-state index in [1.165, 1.54) is 35.6 Å². The third kappa shape index (κ3) is 1.29. The van der Waals surface area contributed by atoms with Crippen LogP contribution in [0, 0.1) is 5.92 Å². The quantitative estimate of drug-likeness (QED) is 0.789. The highest BCUT2D eigenvalue weighted by Gasteiger charge is 2.60. The van der Waals surface area contributed by atoms with Gasteiger partial charge in [0.2, 0.25) is 0 Å². The van der Waals surface area contributed by atoms with Gasteiger partial charge in [-0.25, -0.2) is 0 Å². The van der Waals surface area contributed by atoms with Crippen molar-refractivity contribution in [3.63, 3.8) is 0 Å². The number of fused-ring (bicyclic) bond motifs is 2. The monoisotopic (exact) mass is 223 g/mol. The van der Waals surface area contributed by atoms with E-state index in [0.717, 1.165) is 5.92 Å². The lowest BCUT2D eigenvalue weighted by Gasteiger charge is -2.15. The second kappa shape index (κ2) is 3.11. The molecule has 2 aromatic carbocycles. The molecule has 0 bridgehead atoms. The maximum Gasteiger partial charge on any atom is 0.00503 e. The average Bonchev–Trinajstić information content (AvgIpc) is 2.93. The number of benzene rings is 2. The molecule has 2 saturated carbocycles. The Hall–Kier alpha value is -1.34. The van der Waals surface area contributed by atoms with Crippen LogP contribution in [0.5, 0.6) is 0 Å². The van der Waals surface area contributed by atoms with Crippen LogP contribution >= 0.6 is 0 Å². The molecule has 2 aromatic rings. The SMILES string of the molecule is NC1CC2CC2(c2ccc3ccccc3c2)C1. The zero-order valence-corrected chi connectivity index (χ0v) is 9.89. The van der Waals surface area contributed by atoms with Crippen molar-refractivity contribution in [1.29, 1.82) is 0 Å². The maximum atomic E-state index is 6.09. The van der Waals surface area contributed by atoms with Gasteiger partial charge in [0, 0.05) is 11.5 Å². The molecule has 0 heterocycles.